The normalized spacial score (nSPS) is 18.0. The van der Waals surface area contributed by atoms with Crippen LogP contribution in [0.3, 0.4) is 0 Å². The van der Waals surface area contributed by atoms with Gasteiger partial charge in [0, 0.05) is 11.6 Å². The summed E-state index contributed by atoms with van der Waals surface area (Å²) in [6.45, 7) is 2.42. The Bertz CT molecular complexity index is 1260. The smallest absolute Gasteiger partial charge is 0.245 e. The number of carbonyl (C=O) groups is 1. The molecule has 0 saturated carbocycles. The lowest BCUT2D eigenvalue weighted by Gasteiger charge is -2.24. The zero-order chi connectivity index (χ0) is 22.3. The van der Waals surface area contributed by atoms with Gasteiger partial charge in [-0.15, -0.1) is 0 Å². The fourth-order valence-electron chi connectivity index (χ4n) is 3.40. The molecule has 1 aromatic heterocycles. The summed E-state index contributed by atoms with van der Waals surface area (Å²) in [5, 5.41) is 4.72. The van der Waals surface area contributed by atoms with Crippen LogP contribution in [-0.4, -0.2) is 40.9 Å². The predicted octanol–water partition coefficient (Wildman–Crippen LogP) is 2.41. The van der Waals surface area contributed by atoms with E-state index in [2.05, 4.69) is 10.1 Å². The lowest BCUT2D eigenvalue weighted by atomic mass is 10.1. The average molecular weight is 464 g/mol. The van der Waals surface area contributed by atoms with Crippen LogP contribution in [0.1, 0.15) is 12.5 Å². The van der Waals surface area contributed by atoms with E-state index in [1.807, 2.05) is 6.92 Å². The summed E-state index contributed by atoms with van der Waals surface area (Å²) < 4.78 is 42.2. The number of halogens is 2. The number of hydrogen-bond donors (Lipinski definition) is 1. The topological polar surface area (TPSA) is 111 Å². The molecule has 0 fully saturated rings. The maximum Gasteiger partial charge on any atom is 0.245 e. The molecule has 11 heteroatoms. The fraction of sp³-hybridized carbons (Fsp3) is 0.250. The van der Waals surface area contributed by atoms with Gasteiger partial charge in [0.05, 0.1) is 34.5 Å². The Kier molecular flexibility index (Phi) is 5.54. The van der Waals surface area contributed by atoms with E-state index in [0.717, 1.165) is 6.07 Å². The Morgan fingerprint density at radius 3 is 2.61 bits per heavy atom. The van der Waals surface area contributed by atoms with Crippen molar-refractivity contribution in [1.29, 1.82) is 0 Å². The minimum Gasteiger partial charge on any atom is -0.319 e. The summed E-state index contributed by atoms with van der Waals surface area (Å²) in [6.07, 6.45) is 1.45. The maximum absolute atomic E-state index is 14.9. The van der Waals surface area contributed by atoms with E-state index in [9.17, 15) is 17.6 Å². The molecule has 0 bridgehead atoms. The van der Waals surface area contributed by atoms with E-state index in [0.29, 0.717) is 17.1 Å². The Morgan fingerprint density at radius 1 is 1.26 bits per heavy atom. The molecule has 2 aromatic carbocycles. The summed E-state index contributed by atoms with van der Waals surface area (Å²) >= 11 is 5.93. The second-order valence-corrected chi connectivity index (χ2v) is 9.60. The molecule has 3 aromatic rings. The Morgan fingerprint density at radius 2 is 1.97 bits per heavy atom. The maximum atomic E-state index is 14.9. The monoisotopic (exact) mass is 463 g/mol. The van der Waals surface area contributed by atoms with E-state index < -0.39 is 33.4 Å². The van der Waals surface area contributed by atoms with Crippen LogP contribution in [0, 0.1) is 5.82 Å². The lowest BCUT2D eigenvalue weighted by Crippen LogP contribution is -2.45. The van der Waals surface area contributed by atoms with Crippen LogP contribution in [0.4, 0.5) is 10.1 Å². The number of rotatable bonds is 4. The molecule has 0 radical (unpaired) electrons. The van der Waals surface area contributed by atoms with E-state index in [-0.39, 0.29) is 28.5 Å². The number of carbonyl (C=O) groups excluding carboxylic acids is 1. The highest BCUT2D eigenvalue weighted by Crippen LogP contribution is 2.36. The Labute approximate surface area is 183 Å². The predicted molar refractivity (Wildman–Crippen MR) is 114 cm³/mol. The molecule has 4 rings (SSSR count). The fourth-order valence-corrected chi connectivity index (χ4v) is 5.09. The van der Waals surface area contributed by atoms with Crippen molar-refractivity contribution in [3.63, 3.8) is 0 Å². The number of aromatic nitrogens is 3. The molecule has 162 valence electrons. The standard InChI is InChI=1S/C20H19ClFN5O3S/c1-2-26-11-24-19(25-26)14-7-17-18(8-15(14)22)31(29,30)10-16(23)20(28)27(17)9-12-3-5-13(21)6-4-12/h3-8,11,16H,2,9-10,23H2,1H3/t16-/m0/s1. The first-order chi connectivity index (χ1) is 14.7. The van der Waals surface area contributed by atoms with Crippen LogP contribution < -0.4 is 10.6 Å². The summed E-state index contributed by atoms with van der Waals surface area (Å²) in [7, 11) is -4.01. The van der Waals surface area contributed by atoms with Crippen molar-refractivity contribution in [2.45, 2.75) is 31.0 Å². The van der Waals surface area contributed by atoms with Crippen molar-refractivity contribution >= 4 is 33.0 Å². The van der Waals surface area contributed by atoms with Crippen molar-refractivity contribution < 1.29 is 17.6 Å². The van der Waals surface area contributed by atoms with Gasteiger partial charge in [-0.25, -0.2) is 17.8 Å². The molecule has 0 unspecified atom stereocenters. The second kappa shape index (κ2) is 8.03. The van der Waals surface area contributed by atoms with Gasteiger partial charge >= 0.3 is 0 Å². The minimum absolute atomic E-state index is 0.00877. The number of benzene rings is 2. The van der Waals surface area contributed by atoms with E-state index in [1.165, 1.54) is 22.0 Å². The van der Waals surface area contributed by atoms with E-state index >= 15 is 0 Å². The molecular formula is C20H19ClFN5O3S. The number of sulfone groups is 1. The van der Waals surface area contributed by atoms with Gasteiger partial charge in [0.25, 0.3) is 0 Å². The second-order valence-electron chi connectivity index (χ2n) is 7.16. The quantitative estimate of drug-likeness (QED) is 0.636. The Balaban J connectivity index is 1.90. The summed E-state index contributed by atoms with van der Waals surface area (Å²) in [5.74, 6) is -1.91. The molecular weight excluding hydrogens is 445 g/mol. The molecule has 2 heterocycles. The lowest BCUT2D eigenvalue weighted by molar-refractivity contribution is -0.119. The Hall–Kier alpha value is -2.82. The van der Waals surface area contributed by atoms with Crippen LogP contribution in [0.2, 0.25) is 5.02 Å². The molecule has 0 spiro atoms. The molecule has 1 aliphatic heterocycles. The third-order valence-electron chi connectivity index (χ3n) is 5.01. The summed E-state index contributed by atoms with van der Waals surface area (Å²) in [6, 6.07) is 7.68. The van der Waals surface area contributed by atoms with Crippen molar-refractivity contribution in [2.75, 3.05) is 10.7 Å². The average Bonchev–Trinajstić information content (AvgIpc) is 3.19. The molecule has 1 amide bonds. The number of anilines is 1. The number of hydrogen-bond acceptors (Lipinski definition) is 6. The van der Waals surface area contributed by atoms with Crippen LogP contribution in [0.15, 0.2) is 47.6 Å². The highest BCUT2D eigenvalue weighted by Gasteiger charge is 2.37. The van der Waals surface area contributed by atoms with Crippen LogP contribution in [0.25, 0.3) is 11.4 Å². The number of amides is 1. The number of nitrogens with zero attached hydrogens (tertiary/aromatic N) is 4. The molecule has 1 aliphatic rings. The first-order valence-electron chi connectivity index (χ1n) is 9.47. The third kappa shape index (κ3) is 4.06. The molecule has 8 nitrogen and oxygen atoms in total. The van der Waals surface area contributed by atoms with Gasteiger partial charge in [-0.3, -0.25) is 9.48 Å². The van der Waals surface area contributed by atoms with Gasteiger partial charge in [0.2, 0.25) is 5.91 Å². The zero-order valence-corrected chi connectivity index (χ0v) is 18.1. The minimum atomic E-state index is -4.01. The molecule has 1 atom stereocenters. The largest absolute Gasteiger partial charge is 0.319 e. The van der Waals surface area contributed by atoms with Crippen LogP contribution >= 0.6 is 11.6 Å². The van der Waals surface area contributed by atoms with Crippen molar-refractivity contribution in [2.24, 2.45) is 5.73 Å². The van der Waals surface area contributed by atoms with Crippen molar-refractivity contribution in [3.05, 3.63) is 59.1 Å². The number of aryl methyl sites for hydroxylation is 1. The number of nitrogens with two attached hydrogens (primary N) is 1. The highest BCUT2D eigenvalue weighted by atomic mass is 35.5. The zero-order valence-electron chi connectivity index (χ0n) is 16.5. The van der Waals surface area contributed by atoms with Crippen LogP contribution in [0.5, 0.6) is 0 Å². The molecule has 0 saturated heterocycles. The van der Waals surface area contributed by atoms with E-state index in [1.54, 1.807) is 24.3 Å². The molecule has 2 N–H and O–H groups in total. The van der Waals surface area contributed by atoms with Gasteiger partial charge in [0.1, 0.15) is 12.1 Å². The summed E-state index contributed by atoms with van der Waals surface area (Å²) in [5.41, 5.74) is 6.63. The highest BCUT2D eigenvalue weighted by molar-refractivity contribution is 7.91. The summed E-state index contributed by atoms with van der Waals surface area (Å²) in [4.78, 5) is 18.1. The third-order valence-corrected chi connectivity index (χ3v) is 7.06. The van der Waals surface area contributed by atoms with E-state index in [4.69, 9.17) is 17.3 Å². The van der Waals surface area contributed by atoms with Gasteiger partial charge < -0.3 is 10.6 Å². The van der Waals surface area contributed by atoms with Crippen molar-refractivity contribution in [1.82, 2.24) is 14.8 Å². The van der Waals surface area contributed by atoms with Crippen LogP contribution in [-0.2, 0) is 27.7 Å². The first kappa shape index (κ1) is 21.4. The van der Waals surface area contributed by atoms with Gasteiger partial charge in [0.15, 0.2) is 15.7 Å². The molecule has 31 heavy (non-hydrogen) atoms. The number of fused-ring (bicyclic) bond motifs is 1. The van der Waals surface area contributed by atoms with Gasteiger partial charge in [-0.1, -0.05) is 23.7 Å². The van der Waals surface area contributed by atoms with Crippen molar-refractivity contribution in [3.8, 4) is 11.4 Å². The molecule has 0 aliphatic carbocycles. The SMILES string of the molecule is CCn1cnc(-c2cc3c(cc2F)S(=O)(=O)C[C@H](N)C(=O)N3Cc2ccc(Cl)cc2)n1. The first-order valence-corrected chi connectivity index (χ1v) is 11.5. The van der Waals surface area contributed by atoms with Gasteiger partial charge in [-0.05, 0) is 36.8 Å². The van der Waals surface area contributed by atoms with Gasteiger partial charge in [-0.2, -0.15) is 5.10 Å².